The fourth-order valence-electron chi connectivity index (χ4n) is 3.55. The van der Waals surface area contributed by atoms with Crippen molar-refractivity contribution in [3.63, 3.8) is 0 Å². The number of hydrogen-bond donors (Lipinski definition) is 1. The quantitative estimate of drug-likeness (QED) is 0.819. The van der Waals surface area contributed by atoms with Crippen LogP contribution in [-0.2, 0) is 4.74 Å². The average molecular weight is 255 g/mol. The highest BCUT2D eigenvalue weighted by Gasteiger charge is 2.38. The predicted molar refractivity (Wildman–Crippen MR) is 73.7 cm³/mol. The molecule has 1 aliphatic heterocycles. The third kappa shape index (κ3) is 2.89. The number of morpholine rings is 1. The lowest BCUT2D eigenvalue weighted by Gasteiger charge is -2.47. The van der Waals surface area contributed by atoms with Gasteiger partial charge in [-0.15, -0.1) is 0 Å². The summed E-state index contributed by atoms with van der Waals surface area (Å²) in [7, 11) is 0. The molecule has 2 rings (SSSR count). The minimum atomic E-state index is 0.0966. The van der Waals surface area contributed by atoms with E-state index >= 15 is 0 Å². The second-order valence-corrected chi connectivity index (χ2v) is 6.10. The Bertz CT molecular complexity index is 243. The first-order valence-electron chi connectivity index (χ1n) is 7.71. The second-order valence-electron chi connectivity index (χ2n) is 6.10. The smallest absolute Gasteiger partial charge is 0.0730 e. The number of fused-ring (bicyclic) bond motifs is 1. The van der Waals surface area contributed by atoms with E-state index in [2.05, 4.69) is 18.7 Å². The van der Waals surface area contributed by atoms with Crippen LogP contribution < -0.4 is 0 Å². The topological polar surface area (TPSA) is 32.7 Å². The van der Waals surface area contributed by atoms with Crippen LogP contribution in [0.3, 0.4) is 0 Å². The first-order valence-corrected chi connectivity index (χ1v) is 7.71. The van der Waals surface area contributed by atoms with Crippen LogP contribution in [0, 0.1) is 5.41 Å². The van der Waals surface area contributed by atoms with Crippen molar-refractivity contribution in [2.45, 2.75) is 64.5 Å². The van der Waals surface area contributed by atoms with Crippen molar-refractivity contribution < 1.29 is 9.84 Å². The molecule has 0 aromatic carbocycles. The van der Waals surface area contributed by atoms with Gasteiger partial charge >= 0.3 is 0 Å². The molecule has 0 aromatic heterocycles. The molecular weight excluding hydrogens is 226 g/mol. The molecule has 1 aliphatic carbocycles. The van der Waals surface area contributed by atoms with Crippen molar-refractivity contribution in [2.75, 3.05) is 26.3 Å². The molecule has 2 unspecified atom stereocenters. The molecule has 3 nitrogen and oxygen atoms in total. The van der Waals surface area contributed by atoms with Gasteiger partial charge in [0, 0.05) is 31.2 Å². The fraction of sp³-hybridized carbons (Fsp3) is 1.00. The lowest BCUT2D eigenvalue weighted by molar-refractivity contribution is -0.103. The lowest BCUT2D eigenvalue weighted by Crippen LogP contribution is -2.55. The minimum Gasteiger partial charge on any atom is -0.396 e. The predicted octanol–water partition coefficient (Wildman–Crippen LogP) is 2.43. The molecule has 2 aliphatic rings. The molecule has 0 amide bonds. The Balaban J connectivity index is 2.02. The summed E-state index contributed by atoms with van der Waals surface area (Å²) in [6.07, 6.45) is 7.75. The van der Waals surface area contributed by atoms with Crippen LogP contribution in [0.15, 0.2) is 0 Å². The Kier molecular flexibility index (Phi) is 5.05. The summed E-state index contributed by atoms with van der Waals surface area (Å²) in [5.41, 5.74) is 0.0966. The summed E-state index contributed by atoms with van der Waals surface area (Å²) in [5, 5.41) is 9.75. The molecule has 0 bridgehead atoms. The first kappa shape index (κ1) is 14.3. The van der Waals surface area contributed by atoms with Crippen molar-refractivity contribution in [1.82, 2.24) is 4.90 Å². The molecular formula is C15H29NO2. The lowest BCUT2D eigenvalue weighted by atomic mass is 9.81. The highest BCUT2D eigenvalue weighted by Crippen LogP contribution is 2.33. The summed E-state index contributed by atoms with van der Waals surface area (Å²) >= 11 is 0. The van der Waals surface area contributed by atoms with Gasteiger partial charge in [0.05, 0.1) is 12.7 Å². The monoisotopic (exact) mass is 255 g/mol. The second kappa shape index (κ2) is 6.36. The standard InChI is InChI=1S/C15H29NO2/c1-3-15(4-2,12-17)11-16-9-10-18-14-8-6-5-7-13(14)16/h13-14,17H,3-12H2,1-2H3. The Hall–Kier alpha value is -0.120. The number of aliphatic hydroxyl groups excluding tert-OH is 1. The summed E-state index contributed by atoms with van der Waals surface area (Å²) in [6, 6.07) is 0.608. The summed E-state index contributed by atoms with van der Waals surface area (Å²) in [4.78, 5) is 2.61. The zero-order valence-corrected chi connectivity index (χ0v) is 12.0. The van der Waals surface area contributed by atoms with Gasteiger partial charge in [-0.2, -0.15) is 0 Å². The van der Waals surface area contributed by atoms with Gasteiger partial charge in [-0.3, -0.25) is 4.90 Å². The van der Waals surface area contributed by atoms with Crippen LogP contribution in [0.25, 0.3) is 0 Å². The van der Waals surface area contributed by atoms with Crippen molar-refractivity contribution in [3.05, 3.63) is 0 Å². The largest absolute Gasteiger partial charge is 0.396 e. The van der Waals surface area contributed by atoms with Crippen LogP contribution in [0.5, 0.6) is 0 Å². The fourth-order valence-corrected chi connectivity index (χ4v) is 3.55. The maximum atomic E-state index is 9.75. The Morgan fingerprint density at radius 1 is 1.22 bits per heavy atom. The number of rotatable bonds is 5. The van der Waals surface area contributed by atoms with E-state index in [4.69, 9.17) is 4.74 Å². The van der Waals surface area contributed by atoms with E-state index < -0.39 is 0 Å². The van der Waals surface area contributed by atoms with Gasteiger partial charge in [0.2, 0.25) is 0 Å². The summed E-state index contributed by atoms with van der Waals surface area (Å²) in [5.74, 6) is 0. The van der Waals surface area contributed by atoms with Gasteiger partial charge in [-0.1, -0.05) is 26.7 Å². The third-order valence-electron chi connectivity index (χ3n) is 5.22. The molecule has 1 heterocycles. The maximum Gasteiger partial charge on any atom is 0.0730 e. The van der Waals surface area contributed by atoms with Crippen molar-refractivity contribution >= 4 is 0 Å². The van der Waals surface area contributed by atoms with Crippen LogP contribution in [0.4, 0.5) is 0 Å². The van der Waals surface area contributed by atoms with Gasteiger partial charge in [0.15, 0.2) is 0 Å². The molecule has 106 valence electrons. The zero-order valence-electron chi connectivity index (χ0n) is 12.0. The molecule has 18 heavy (non-hydrogen) atoms. The highest BCUT2D eigenvalue weighted by atomic mass is 16.5. The molecule has 2 atom stereocenters. The number of ether oxygens (including phenoxy) is 1. The Labute approximate surface area is 112 Å². The van der Waals surface area contributed by atoms with E-state index in [1.807, 2.05) is 0 Å². The van der Waals surface area contributed by atoms with Crippen molar-refractivity contribution in [1.29, 1.82) is 0 Å². The van der Waals surface area contributed by atoms with Crippen molar-refractivity contribution in [2.24, 2.45) is 5.41 Å². The number of nitrogens with zero attached hydrogens (tertiary/aromatic N) is 1. The Morgan fingerprint density at radius 3 is 2.61 bits per heavy atom. The molecule has 0 aromatic rings. The minimum absolute atomic E-state index is 0.0966. The molecule has 2 fully saturated rings. The van der Waals surface area contributed by atoms with E-state index in [9.17, 15) is 5.11 Å². The van der Waals surface area contributed by atoms with Gasteiger partial charge in [0.25, 0.3) is 0 Å². The third-order valence-corrected chi connectivity index (χ3v) is 5.22. The normalized spacial score (nSPS) is 30.2. The number of aliphatic hydroxyl groups is 1. The van der Waals surface area contributed by atoms with Crippen LogP contribution in [0.1, 0.15) is 52.4 Å². The van der Waals surface area contributed by atoms with Gasteiger partial charge in [-0.25, -0.2) is 0 Å². The molecule has 0 radical (unpaired) electrons. The molecule has 1 N–H and O–H groups in total. The first-order chi connectivity index (χ1) is 8.74. The van der Waals surface area contributed by atoms with Gasteiger partial charge in [-0.05, 0) is 25.7 Å². The van der Waals surface area contributed by atoms with Gasteiger partial charge < -0.3 is 9.84 Å². The number of hydrogen-bond acceptors (Lipinski definition) is 3. The van der Waals surface area contributed by atoms with E-state index in [0.717, 1.165) is 32.5 Å². The summed E-state index contributed by atoms with van der Waals surface area (Å²) < 4.78 is 5.92. The maximum absolute atomic E-state index is 9.75. The van der Waals surface area contributed by atoms with Crippen LogP contribution >= 0.6 is 0 Å². The molecule has 3 heteroatoms. The van der Waals surface area contributed by atoms with Crippen molar-refractivity contribution in [3.8, 4) is 0 Å². The van der Waals surface area contributed by atoms with Gasteiger partial charge in [0.1, 0.15) is 0 Å². The Morgan fingerprint density at radius 2 is 1.94 bits per heavy atom. The van der Waals surface area contributed by atoms with Crippen LogP contribution in [0.2, 0.25) is 0 Å². The zero-order chi connectivity index (χ0) is 13.0. The SMILES string of the molecule is CCC(CC)(CO)CN1CCOC2CCCCC21. The van der Waals surface area contributed by atoms with E-state index in [0.29, 0.717) is 18.8 Å². The van der Waals surface area contributed by atoms with Crippen LogP contribution in [-0.4, -0.2) is 48.5 Å². The molecule has 1 saturated carbocycles. The molecule has 0 spiro atoms. The average Bonchev–Trinajstić information content (AvgIpc) is 2.45. The molecule has 1 saturated heterocycles. The van der Waals surface area contributed by atoms with E-state index in [1.165, 1.54) is 25.7 Å². The summed E-state index contributed by atoms with van der Waals surface area (Å²) in [6.45, 7) is 7.69. The van der Waals surface area contributed by atoms with E-state index in [1.54, 1.807) is 0 Å². The highest BCUT2D eigenvalue weighted by molar-refractivity contribution is 4.91. The van der Waals surface area contributed by atoms with E-state index in [-0.39, 0.29) is 5.41 Å².